The lowest BCUT2D eigenvalue weighted by Crippen LogP contribution is -2.26. The Morgan fingerprint density at radius 1 is 1.11 bits per heavy atom. The van der Waals surface area contributed by atoms with Crippen LogP contribution >= 0.6 is 23.2 Å². The molecular formula is C18H11Cl2F4N3O. The van der Waals surface area contributed by atoms with Gasteiger partial charge in [-0.1, -0.05) is 29.3 Å². The van der Waals surface area contributed by atoms with E-state index in [0.717, 1.165) is 30.5 Å². The van der Waals surface area contributed by atoms with Crippen molar-refractivity contribution in [1.82, 2.24) is 15.1 Å². The number of nitrogens with zero attached hydrogens (tertiary/aromatic N) is 2. The average Bonchev–Trinajstić information content (AvgIpc) is 3.07. The van der Waals surface area contributed by atoms with Gasteiger partial charge in [0, 0.05) is 16.6 Å². The number of benzene rings is 2. The van der Waals surface area contributed by atoms with Gasteiger partial charge in [0.2, 0.25) is 0 Å². The zero-order valence-electron chi connectivity index (χ0n) is 13.9. The first kappa shape index (κ1) is 20.2. The van der Waals surface area contributed by atoms with Crippen LogP contribution in [0.4, 0.5) is 17.6 Å². The summed E-state index contributed by atoms with van der Waals surface area (Å²) in [5, 5.41) is 6.70. The minimum absolute atomic E-state index is 0.0338. The minimum atomic E-state index is -4.87. The van der Waals surface area contributed by atoms with E-state index in [1.165, 1.54) is 6.07 Å². The lowest BCUT2D eigenvalue weighted by Gasteiger charge is -2.13. The molecule has 0 radical (unpaired) electrons. The third-order valence-electron chi connectivity index (χ3n) is 3.81. The average molecular weight is 432 g/mol. The van der Waals surface area contributed by atoms with E-state index < -0.39 is 29.2 Å². The van der Waals surface area contributed by atoms with Crippen LogP contribution in [0.15, 0.2) is 48.7 Å². The summed E-state index contributed by atoms with van der Waals surface area (Å²) in [4.78, 5) is 12.4. The van der Waals surface area contributed by atoms with Gasteiger partial charge in [-0.3, -0.25) is 4.79 Å². The van der Waals surface area contributed by atoms with Crippen LogP contribution in [0.3, 0.4) is 0 Å². The molecule has 4 nitrogen and oxygen atoms in total. The van der Waals surface area contributed by atoms with Crippen molar-refractivity contribution >= 4 is 29.1 Å². The molecular weight excluding hydrogens is 421 g/mol. The molecule has 1 amide bonds. The number of rotatable bonds is 4. The maximum Gasteiger partial charge on any atom is 0.434 e. The summed E-state index contributed by atoms with van der Waals surface area (Å²) in [7, 11) is 0. The number of hydrogen-bond donors (Lipinski definition) is 1. The third-order valence-corrected chi connectivity index (χ3v) is 4.40. The SMILES string of the molecule is O=C(NCc1ccc(Cl)cc1Cl)c1cnn(-c2ccc(F)cc2)c1C(F)(F)F. The van der Waals surface area contributed by atoms with Crippen LogP contribution in [-0.2, 0) is 12.7 Å². The fourth-order valence-corrected chi connectivity index (χ4v) is 2.98. The lowest BCUT2D eigenvalue weighted by atomic mass is 10.2. The van der Waals surface area contributed by atoms with Gasteiger partial charge in [-0.15, -0.1) is 0 Å². The molecule has 3 aromatic rings. The van der Waals surface area contributed by atoms with Crippen molar-refractivity contribution in [3.8, 4) is 5.69 Å². The molecule has 0 aliphatic rings. The molecule has 0 spiro atoms. The molecule has 3 rings (SSSR count). The van der Waals surface area contributed by atoms with Gasteiger partial charge in [-0.05, 0) is 42.0 Å². The van der Waals surface area contributed by atoms with Gasteiger partial charge in [0.25, 0.3) is 5.91 Å². The largest absolute Gasteiger partial charge is 0.434 e. The Balaban J connectivity index is 1.90. The molecule has 0 fully saturated rings. The van der Waals surface area contributed by atoms with E-state index in [2.05, 4.69) is 10.4 Å². The van der Waals surface area contributed by atoms with Gasteiger partial charge >= 0.3 is 6.18 Å². The summed E-state index contributed by atoms with van der Waals surface area (Å²) < 4.78 is 54.4. The predicted molar refractivity (Wildman–Crippen MR) is 96.2 cm³/mol. The van der Waals surface area contributed by atoms with E-state index in [4.69, 9.17) is 23.2 Å². The second-order valence-corrected chi connectivity index (χ2v) is 6.55. The third kappa shape index (κ3) is 4.28. The summed E-state index contributed by atoms with van der Waals surface area (Å²) in [6.45, 7) is -0.103. The highest BCUT2D eigenvalue weighted by Gasteiger charge is 2.40. The first-order valence-corrected chi connectivity index (χ1v) is 8.55. The Labute approximate surface area is 166 Å². The van der Waals surface area contributed by atoms with Crippen molar-refractivity contribution in [2.75, 3.05) is 0 Å². The van der Waals surface area contributed by atoms with Crippen LogP contribution in [0.1, 0.15) is 21.6 Å². The van der Waals surface area contributed by atoms with Gasteiger partial charge in [0.15, 0.2) is 5.69 Å². The van der Waals surface area contributed by atoms with Crippen molar-refractivity contribution in [3.05, 3.63) is 81.3 Å². The van der Waals surface area contributed by atoms with E-state index in [1.54, 1.807) is 12.1 Å². The molecule has 0 saturated heterocycles. The molecule has 28 heavy (non-hydrogen) atoms. The van der Waals surface area contributed by atoms with Crippen LogP contribution in [0.2, 0.25) is 10.0 Å². The van der Waals surface area contributed by atoms with E-state index in [-0.39, 0.29) is 17.3 Å². The summed E-state index contributed by atoms with van der Waals surface area (Å²) >= 11 is 11.8. The van der Waals surface area contributed by atoms with Crippen molar-refractivity contribution in [2.45, 2.75) is 12.7 Å². The van der Waals surface area contributed by atoms with Gasteiger partial charge < -0.3 is 5.32 Å². The van der Waals surface area contributed by atoms with Crippen LogP contribution in [-0.4, -0.2) is 15.7 Å². The van der Waals surface area contributed by atoms with Crippen molar-refractivity contribution in [3.63, 3.8) is 0 Å². The maximum atomic E-state index is 13.6. The quantitative estimate of drug-likeness (QED) is 0.572. The normalized spacial score (nSPS) is 11.5. The molecule has 1 aromatic heterocycles. The standard InChI is InChI=1S/C18H11Cl2F4N3O/c19-11-2-1-10(15(20)7-11)8-25-17(28)14-9-26-27(16(14)18(22,23)24)13-5-3-12(21)4-6-13/h1-7,9H,8H2,(H,25,28). The molecule has 0 aliphatic heterocycles. The van der Waals surface area contributed by atoms with Gasteiger partial charge in [0.05, 0.1) is 17.4 Å². The molecule has 0 saturated carbocycles. The number of carbonyl (C=O) groups excluding carboxylic acids is 1. The number of alkyl halides is 3. The second kappa shape index (κ2) is 7.81. The zero-order chi connectivity index (χ0) is 20.5. The Morgan fingerprint density at radius 2 is 1.79 bits per heavy atom. The molecule has 1 heterocycles. The summed E-state index contributed by atoms with van der Waals surface area (Å²) in [5.74, 6) is -1.59. The zero-order valence-corrected chi connectivity index (χ0v) is 15.4. The highest BCUT2D eigenvalue weighted by atomic mass is 35.5. The molecule has 2 aromatic carbocycles. The molecule has 0 bridgehead atoms. The molecule has 0 aliphatic carbocycles. The topological polar surface area (TPSA) is 46.9 Å². The summed E-state index contributed by atoms with van der Waals surface area (Å²) in [6, 6.07) is 8.82. The summed E-state index contributed by atoms with van der Waals surface area (Å²) in [6.07, 6.45) is -4.06. The van der Waals surface area contributed by atoms with E-state index in [0.29, 0.717) is 15.3 Å². The first-order chi connectivity index (χ1) is 13.2. The number of amides is 1. The van der Waals surface area contributed by atoms with Gasteiger partial charge in [-0.25, -0.2) is 9.07 Å². The molecule has 146 valence electrons. The van der Waals surface area contributed by atoms with Gasteiger partial charge in [0.1, 0.15) is 5.82 Å². The highest BCUT2D eigenvalue weighted by molar-refractivity contribution is 6.35. The van der Waals surface area contributed by atoms with Crippen molar-refractivity contribution < 1.29 is 22.4 Å². The van der Waals surface area contributed by atoms with E-state index in [1.807, 2.05) is 0 Å². The Morgan fingerprint density at radius 3 is 2.39 bits per heavy atom. The van der Waals surface area contributed by atoms with Gasteiger partial charge in [-0.2, -0.15) is 18.3 Å². The van der Waals surface area contributed by atoms with E-state index in [9.17, 15) is 22.4 Å². The Bertz CT molecular complexity index is 1020. The van der Waals surface area contributed by atoms with Crippen LogP contribution in [0.5, 0.6) is 0 Å². The summed E-state index contributed by atoms with van der Waals surface area (Å²) in [5.41, 5.74) is -1.48. The van der Waals surface area contributed by atoms with Crippen LogP contribution < -0.4 is 5.32 Å². The second-order valence-electron chi connectivity index (χ2n) is 5.71. The maximum absolute atomic E-state index is 13.6. The molecule has 0 atom stereocenters. The van der Waals surface area contributed by atoms with Crippen molar-refractivity contribution in [2.24, 2.45) is 0 Å². The monoisotopic (exact) mass is 431 g/mol. The highest BCUT2D eigenvalue weighted by Crippen LogP contribution is 2.33. The lowest BCUT2D eigenvalue weighted by molar-refractivity contribution is -0.143. The number of aromatic nitrogens is 2. The number of hydrogen-bond acceptors (Lipinski definition) is 2. The number of carbonyl (C=O) groups is 1. The van der Waals surface area contributed by atoms with Crippen LogP contribution in [0.25, 0.3) is 5.69 Å². The molecule has 0 unspecified atom stereocenters. The molecule has 1 N–H and O–H groups in total. The first-order valence-electron chi connectivity index (χ1n) is 7.80. The van der Waals surface area contributed by atoms with E-state index >= 15 is 0 Å². The number of halogens is 6. The predicted octanol–water partition coefficient (Wildman–Crippen LogP) is 5.27. The smallest absolute Gasteiger partial charge is 0.348 e. The Kier molecular flexibility index (Phi) is 5.62. The fourth-order valence-electron chi connectivity index (χ4n) is 2.50. The fraction of sp³-hybridized carbons (Fsp3) is 0.111. The van der Waals surface area contributed by atoms with Crippen molar-refractivity contribution in [1.29, 1.82) is 0 Å². The minimum Gasteiger partial charge on any atom is -0.348 e. The molecule has 10 heteroatoms. The van der Waals surface area contributed by atoms with Crippen LogP contribution in [0, 0.1) is 5.82 Å². The Hall–Kier alpha value is -2.58. The number of nitrogens with one attached hydrogen (secondary N) is 1.